The average Bonchev–Trinajstić information content (AvgIpc) is 3.34. The Kier molecular flexibility index (Phi) is 4.92. The normalized spacial score (nSPS) is 16.3. The van der Waals surface area contributed by atoms with E-state index in [4.69, 9.17) is 14.0 Å². The highest BCUT2D eigenvalue weighted by Crippen LogP contribution is 2.38. The van der Waals surface area contributed by atoms with Crippen molar-refractivity contribution in [2.75, 3.05) is 25.7 Å². The minimum absolute atomic E-state index is 0.0946. The number of anilines is 1. The van der Waals surface area contributed by atoms with Crippen LogP contribution in [0.5, 0.6) is 11.5 Å². The van der Waals surface area contributed by atoms with Crippen molar-refractivity contribution in [3.05, 3.63) is 53.7 Å². The largest absolute Gasteiger partial charge is 0.497 e. The Bertz CT molecular complexity index is 1070. The van der Waals surface area contributed by atoms with Crippen LogP contribution in [0.1, 0.15) is 23.8 Å². The van der Waals surface area contributed by atoms with Gasteiger partial charge in [-0.2, -0.15) is 4.98 Å². The number of ether oxygens (including phenoxy) is 2. The van der Waals surface area contributed by atoms with Crippen molar-refractivity contribution in [3.63, 3.8) is 0 Å². The molecule has 1 aliphatic heterocycles. The number of nitrogens with zero attached hydrogens (tertiary/aromatic N) is 3. The smallest absolute Gasteiger partial charge is 0.232 e. The lowest BCUT2D eigenvalue weighted by molar-refractivity contribution is -0.117. The minimum atomic E-state index is -0.414. The third-order valence-electron chi connectivity index (χ3n) is 4.96. The molecular weight excluding hydrogens is 377 g/mol. The fraction of sp³-hybridized carbons (Fsp3) is 0.286. The molecule has 1 fully saturated rings. The summed E-state index contributed by atoms with van der Waals surface area (Å²) in [5.74, 6) is 0.846. The van der Waals surface area contributed by atoms with Gasteiger partial charge < -0.3 is 18.9 Å². The van der Waals surface area contributed by atoms with E-state index in [-0.39, 0.29) is 29.6 Å². The number of methoxy groups -OCH3 is 2. The van der Waals surface area contributed by atoms with Crippen LogP contribution in [0.3, 0.4) is 0 Å². The number of amides is 1. The molecule has 1 unspecified atom stereocenters. The second kappa shape index (κ2) is 7.54. The van der Waals surface area contributed by atoms with Gasteiger partial charge in [-0.15, -0.1) is 0 Å². The zero-order valence-corrected chi connectivity index (χ0v) is 16.3. The van der Waals surface area contributed by atoms with Crippen molar-refractivity contribution < 1.29 is 23.2 Å². The van der Waals surface area contributed by atoms with Gasteiger partial charge in [0.15, 0.2) is 0 Å². The molecule has 0 radical (unpaired) electrons. The highest BCUT2D eigenvalue weighted by Gasteiger charge is 2.36. The van der Waals surface area contributed by atoms with Crippen LogP contribution in [-0.2, 0) is 4.79 Å². The summed E-state index contributed by atoms with van der Waals surface area (Å²) >= 11 is 0. The SMILES string of the molecule is COc1ccc(OC)c(N2CC(c3nc(-c4ccc(C)cc4F)no3)CC2=O)c1. The summed E-state index contributed by atoms with van der Waals surface area (Å²) in [7, 11) is 3.11. The van der Waals surface area contributed by atoms with Gasteiger partial charge >= 0.3 is 0 Å². The highest BCUT2D eigenvalue weighted by atomic mass is 19.1. The zero-order valence-electron chi connectivity index (χ0n) is 16.3. The van der Waals surface area contributed by atoms with Gasteiger partial charge in [0.05, 0.1) is 31.4 Å². The van der Waals surface area contributed by atoms with Crippen LogP contribution < -0.4 is 14.4 Å². The van der Waals surface area contributed by atoms with E-state index in [2.05, 4.69) is 10.1 Å². The van der Waals surface area contributed by atoms with Crippen LogP contribution in [0, 0.1) is 12.7 Å². The second-order valence-electron chi connectivity index (χ2n) is 6.88. The van der Waals surface area contributed by atoms with E-state index in [1.54, 1.807) is 56.4 Å². The van der Waals surface area contributed by atoms with Gasteiger partial charge in [0.25, 0.3) is 0 Å². The van der Waals surface area contributed by atoms with E-state index in [0.717, 1.165) is 5.56 Å². The van der Waals surface area contributed by atoms with Gasteiger partial charge in [0.2, 0.25) is 17.6 Å². The van der Waals surface area contributed by atoms with Crippen molar-refractivity contribution in [2.45, 2.75) is 19.3 Å². The van der Waals surface area contributed by atoms with Gasteiger partial charge in [0.1, 0.15) is 17.3 Å². The third-order valence-corrected chi connectivity index (χ3v) is 4.96. The molecule has 29 heavy (non-hydrogen) atoms. The molecule has 150 valence electrons. The molecule has 8 heteroatoms. The molecule has 0 N–H and O–H groups in total. The molecule has 0 spiro atoms. The predicted octanol–water partition coefficient (Wildman–Crippen LogP) is 3.72. The average molecular weight is 397 g/mol. The molecule has 2 heterocycles. The zero-order chi connectivity index (χ0) is 20.5. The first-order valence-electron chi connectivity index (χ1n) is 9.12. The maximum Gasteiger partial charge on any atom is 0.232 e. The topological polar surface area (TPSA) is 77.7 Å². The number of aromatic nitrogens is 2. The van der Waals surface area contributed by atoms with Crippen molar-refractivity contribution in [1.82, 2.24) is 10.1 Å². The van der Waals surface area contributed by atoms with Gasteiger partial charge in [-0.25, -0.2) is 4.39 Å². The number of hydrogen-bond acceptors (Lipinski definition) is 6. The molecule has 1 amide bonds. The second-order valence-corrected chi connectivity index (χ2v) is 6.88. The Morgan fingerprint density at radius 1 is 1.17 bits per heavy atom. The quantitative estimate of drug-likeness (QED) is 0.653. The summed E-state index contributed by atoms with van der Waals surface area (Å²) in [6.45, 7) is 2.15. The first kappa shape index (κ1) is 18.9. The molecule has 7 nitrogen and oxygen atoms in total. The summed E-state index contributed by atoms with van der Waals surface area (Å²) in [6.07, 6.45) is 0.207. The van der Waals surface area contributed by atoms with E-state index < -0.39 is 5.82 Å². The predicted molar refractivity (Wildman–Crippen MR) is 104 cm³/mol. The molecule has 1 atom stereocenters. The van der Waals surface area contributed by atoms with Crippen LogP contribution in [0.2, 0.25) is 0 Å². The Morgan fingerprint density at radius 2 is 2.00 bits per heavy atom. The summed E-state index contributed by atoms with van der Waals surface area (Å²) in [6, 6.07) is 10.1. The lowest BCUT2D eigenvalue weighted by Gasteiger charge is -2.20. The Labute approximate surface area is 167 Å². The van der Waals surface area contributed by atoms with Crippen LogP contribution in [-0.4, -0.2) is 36.8 Å². The lowest BCUT2D eigenvalue weighted by Crippen LogP contribution is -2.24. The summed E-state index contributed by atoms with van der Waals surface area (Å²) in [5.41, 5.74) is 1.68. The van der Waals surface area contributed by atoms with Gasteiger partial charge in [-0.3, -0.25) is 4.79 Å². The van der Waals surface area contributed by atoms with Crippen molar-refractivity contribution >= 4 is 11.6 Å². The molecule has 0 aliphatic carbocycles. The maximum atomic E-state index is 14.2. The number of aryl methyl sites for hydroxylation is 1. The van der Waals surface area contributed by atoms with E-state index in [9.17, 15) is 9.18 Å². The summed E-state index contributed by atoms with van der Waals surface area (Å²) in [5, 5.41) is 3.90. The highest BCUT2D eigenvalue weighted by molar-refractivity contribution is 5.98. The molecule has 1 saturated heterocycles. The molecular formula is C21H20FN3O4. The fourth-order valence-corrected chi connectivity index (χ4v) is 3.43. The molecule has 0 bridgehead atoms. The molecule has 1 aromatic heterocycles. The fourth-order valence-electron chi connectivity index (χ4n) is 3.43. The number of hydrogen-bond donors (Lipinski definition) is 0. The van der Waals surface area contributed by atoms with Crippen molar-refractivity contribution in [3.8, 4) is 22.9 Å². The molecule has 1 aliphatic rings. The van der Waals surface area contributed by atoms with Gasteiger partial charge in [-0.05, 0) is 36.8 Å². The van der Waals surface area contributed by atoms with Crippen molar-refractivity contribution in [1.29, 1.82) is 0 Å². The molecule has 0 saturated carbocycles. The standard InChI is InChI=1S/C21H20FN3O4/c1-12-4-6-15(16(22)8-12)20-23-21(29-24-20)13-9-19(26)25(11-13)17-10-14(27-2)5-7-18(17)28-3/h4-8,10,13H,9,11H2,1-3H3. The van der Waals surface area contributed by atoms with Crippen LogP contribution in [0.4, 0.5) is 10.1 Å². The van der Waals surface area contributed by atoms with E-state index in [1.807, 2.05) is 0 Å². The third kappa shape index (κ3) is 3.53. The Balaban J connectivity index is 1.60. The molecule has 4 rings (SSSR count). The molecule has 3 aromatic rings. The Morgan fingerprint density at radius 3 is 2.72 bits per heavy atom. The first-order valence-corrected chi connectivity index (χ1v) is 9.12. The minimum Gasteiger partial charge on any atom is -0.497 e. The van der Waals surface area contributed by atoms with Crippen LogP contribution in [0.25, 0.3) is 11.4 Å². The van der Waals surface area contributed by atoms with E-state index in [0.29, 0.717) is 29.6 Å². The number of carbonyl (C=O) groups excluding carboxylic acids is 1. The van der Waals surface area contributed by atoms with Crippen molar-refractivity contribution in [2.24, 2.45) is 0 Å². The Hall–Kier alpha value is -3.42. The van der Waals surface area contributed by atoms with Crippen LogP contribution in [0.15, 0.2) is 40.9 Å². The molecule has 2 aromatic carbocycles. The van der Waals surface area contributed by atoms with Gasteiger partial charge in [-0.1, -0.05) is 11.2 Å². The number of carbonyl (C=O) groups is 1. The van der Waals surface area contributed by atoms with Crippen LogP contribution >= 0.6 is 0 Å². The number of rotatable bonds is 5. The number of benzene rings is 2. The number of halogens is 1. The lowest BCUT2D eigenvalue weighted by atomic mass is 10.1. The summed E-state index contributed by atoms with van der Waals surface area (Å²) < 4.78 is 30.2. The van der Waals surface area contributed by atoms with E-state index >= 15 is 0 Å². The maximum absolute atomic E-state index is 14.2. The first-order chi connectivity index (χ1) is 14.0. The summed E-state index contributed by atoms with van der Waals surface area (Å²) in [4.78, 5) is 18.6. The monoisotopic (exact) mass is 397 g/mol. The van der Waals surface area contributed by atoms with E-state index in [1.165, 1.54) is 6.07 Å². The van der Waals surface area contributed by atoms with Gasteiger partial charge in [0, 0.05) is 19.0 Å².